The van der Waals surface area contributed by atoms with E-state index in [0.717, 1.165) is 5.69 Å². The molecule has 0 bridgehead atoms. The molecule has 0 atom stereocenters. The molecule has 0 aliphatic rings. The largest absolute Gasteiger partial charge is 0.382 e. The molecule has 1 heterocycles. The Bertz CT molecular complexity index is 549. The highest BCUT2D eigenvalue weighted by Gasteiger charge is 2.05. The van der Waals surface area contributed by atoms with Gasteiger partial charge in [-0.1, -0.05) is 12.1 Å². The van der Waals surface area contributed by atoms with Crippen LogP contribution in [0.3, 0.4) is 0 Å². The lowest BCUT2D eigenvalue weighted by Crippen LogP contribution is -2.12. The number of carbonyl (C=O) groups is 1. The standard InChI is InChI=1S/C15H15N3O/c1-2-10-16-13-8-6-12(7-9-13)15(19)18-14-5-3-4-11-17-14/h2-9,11,16H,1,10H2,(H,17,18,19). The van der Waals surface area contributed by atoms with Gasteiger partial charge in [0, 0.05) is 24.0 Å². The van der Waals surface area contributed by atoms with Crippen LogP contribution in [-0.2, 0) is 0 Å². The molecule has 0 unspecified atom stereocenters. The van der Waals surface area contributed by atoms with Crippen LogP contribution in [0.2, 0.25) is 0 Å². The van der Waals surface area contributed by atoms with Crippen LogP contribution in [0.1, 0.15) is 10.4 Å². The summed E-state index contributed by atoms with van der Waals surface area (Å²) in [5, 5.41) is 5.88. The van der Waals surface area contributed by atoms with Gasteiger partial charge in [0.15, 0.2) is 0 Å². The van der Waals surface area contributed by atoms with Crippen LogP contribution in [-0.4, -0.2) is 17.4 Å². The van der Waals surface area contributed by atoms with Crippen molar-refractivity contribution in [2.75, 3.05) is 17.2 Å². The summed E-state index contributed by atoms with van der Waals surface area (Å²) in [6.45, 7) is 4.33. The molecule has 1 aromatic carbocycles. The molecule has 0 aliphatic heterocycles. The van der Waals surface area contributed by atoms with E-state index in [1.807, 2.05) is 18.2 Å². The molecule has 1 amide bonds. The molecular weight excluding hydrogens is 238 g/mol. The van der Waals surface area contributed by atoms with Crippen LogP contribution < -0.4 is 10.6 Å². The summed E-state index contributed by atoms with van der Waals surface area (Å²) in [7, 11) is 0. The van der Waals surface area contributed by atoms with Crippen LogP contribution in [0.15, 0.2) is 61.3 Å². The van der Waals surface area contributed by atoms with Crippen LogP contribution in [0.25, 0.3) is 0 Å². The molecule has 0 aliphatic carbocycles. The van der Waals surface area contributed by atoms with Crippen molar-refractivity contribution in [1.29, 1.82) is 0 Å². The molecule has 0 saturated heterocycles. The van der Waals surface area contributed by atoms with E-state index in [-0.39, 0.29) is 5.91 Å². The van der Waals surface area contributed by atoms with Crippen molar-refractivity contribution in [2.24, 2.45) is 0 Å². The number of aromatic nitrogens is 1. The Morgan fingerprint density at radius 2 is 2.00 bits per heavy atom. The minimum absolute atomic E-state index is 0.172. The monoisotopic (exact) mass is 253 g/mol. The number of hydrogen-bond acceptors (Lipinski definition) is 3. The van der Waals surface area contributed by atoms with Gasteiger partial charge in [-0.15, -0.1) is 6.58 Å². The average molecular weight is 253 g/mol. The van der Waals surface area contributed by atoms with E-state index in [1.165, 1.54) is 0 Å². The van der Waals surface area contributed by atoms with Gasteiger partial charge in [-0.3, -0.25) is 4.79 Å². The van der Waals surface area contributed by atoms with Gasteiger partial charge in [0.05, 0.1) is 0 Å². The maximum atomic E-state index is 12.0. The molecule has 0 saturated carbocycles. The van der Waals surface area contributed by atoms with Gasteiger partial charge in [-0.05, 0) is 36.4 Å². The molecule has 4 heteroatoms. The molecule has 0 radical (unpaired) electrons. The predicted molar refractivity (Wildman–Crippen MR) is 77.3 cm³/mol. The van der Waals surface area contributed by atoms with E-state index < -0.39 is 0 Å². The SMILES string of the molecule is C=CCNc1ccc(C(=O)Nc2ccccn2)cc1. The fourth-order valence-electron chi connectivity index (χ4n) is 1.55. The van der Waals surface area contributed by atoms with Gasteiger partial charge < -0.3 is 10.6 Å². The van der Waals surface area contributed by atoms with E-state index in [4.69, 9.17) is 0 Å². The number of nitrogens with zero attached hydrogens (tertiary/aromatic N) is 1. The summed E-state index contributed by atoms with van der Waals surface area (Å²) in [5.74, 6) is 0.371. The summed E-state index contributed by atoms with van der Waals surface area (Å²) < 4.78 is 0. The number of hydrogen-bond donors (Lipinski definition) is 2. The molecule has 2 rings (SSSR count). The fourth-order valence-corrected chi connectivity index (χ4v) is 1.55. The molecule has 0 spiro atoms. The number of amides is 1. The Morgan fingerprint density at radius 1 is 1.21 bits per heavy atom. The molecule has 4 nitrogen and oxygen atoms in total. The zero-order chi connectivity index (χ0) is 13.5. The van der Waals surface area contributed by atoms with Gasteiger partial charge in [-0.2, -0.15) is 0 Å². The normalized spacial score (nSPS) is 9.68. The van der Waals surface area contributed by atoms with Gasteiger partial charge >= 0.3 is 0 Å². The van der Waals surface area contributed by atoms with E-state index in [1.54, 1.807) is 36.5 Å². The van der Waals surface area contributed by atoms with Crippen LogP contribution in [0, 0.1) is 0 Å². The van der Waals surface area contributed by atoms with Crippen LogP contribution in [0.4, 0.5) is 11.5 Å². The predicted octanol–water partition coefficient (Wildman–Crippen LogP) is 2.93. The van der Waals surface area contributed by atoms with E-state index >= 15 is 0 Å². The minimum atomic E-state index is -0.172. The first-order chi connectivity index (χ1) is 9.29. The van der Waals surface area contributed by atoms with Crippen molar-refractivity contribution in [2.45, 2.75) is 0 Å². The summed E-state index contributed by atoms with van der Waals surface area (Å²) in [6, 6.07) is 12.6. The first-order valence-corrected chi connectivity index (χ1v) is 5.97. The maximum Gasteiger partial charge on any atom is 0.256 e. The van der Waals surface area contributed by atoms with Gasteiger partial charge in [0.1, 0.15) is 5.82 Å². The summed E-state index contributed by atoms with van der Waals surface area (Å²) in [5.41, 5.74) is 1.55. The third-order valence-corrected chi connectivity index (χ3v) is 2.50. The maximum absolute atomic E-state index is 12.0. The third-order valence-electron chi connectivity index (χ3n) is 2.50. The second-order valence-electron chi connectivity index (χ2n) is 3.92. The van der Waals surface area contributed by atoms with Crippen molar-refractivity contribution in [3.63, 3.8) is 0 Å². The van der Waals surface area contributed by atoms with Gasteiger partial charge in [0.2, 0.25) is 0 Å². The first-order valence-electron chi connectivity index (χ1n) is 5.97. The second-order valence-corrected chi connectivity index (χ2v) is 3.92. The van der Waals surface area contributed by atoms with Crippen molar-refractivity contribution in [1.82, 2.24) is 4.98 Å². The number of pyridine rings is 1. The molecule has 1 aromatic heterocycles. The Labute approximate surface area is 112 Å². The first kappa shape index (κ1) is 12.8. The number of anilines is 2. The highest BCUT2D eigenvalue weighted by atomic mass is 16.1. The molecule has 2 aromatic rings. The third kappa shape index (κ3) is 3.67. The Morgan fingerprint density at radius 3 is 2.63 bits per heavy atom. The molecule has 2 N–H and O–H groups in total. The second kappa shape index (κ2) is 6.35. The summed E-state index contributed by atoms with van der Waals surface area (Å²) >= 11 is 0. The zero-order valence-corrected chi connectivity index (χ0v) is 10.5. The van der Waals surface area contributed by atoms with Crippen molar-refractivity contribution in [3.05, 3.63) is 66.9 Å². The Balaban J connectivity index is 2.01. The Hall–Kier alpha value is -2.62. The molecule has 0 fully saturated rings. The fraction of sp³-hybridized carbons (Fsp3) is 0.0667. The zero-order valence-electron chi connectivity index (χ0n) is 10.5. The number of benzene rings is 1. The topological polar surface area (TPSA) is 54.0 Å². The van der Waals surface area contributed by atoms with E-state index in [2.05, 4.69) is 22.2 Å². The Kier molecular flexibility index (Phi) is 4.29. The average Bonchev–Trinajstić information content (AvgIpc) is 2.46. The van der Waals surface area contributed by atoms with Crippen molar-refractivity contribution >= 4 is 17.4 Å². The van der Waals surface area contributed by atoms with Crippen LogP contribution >= 0.6 is 0 Å². The lowest BCUT2D eigenvalue weighted by atomic mass is 10.2. The van der Waals surface area contributed by atoms with Crippen LogP contribution in [0.5, 0.6) is 0 Å². The highest BCUT2D eigenvalue weighted by Crippen LogP contribution is 2.11. The molecule has 19 heavy (non-hydrogen) atoms. The quantitative estimate of drug-likeness (QED) is 0.805. The lowest BCUT2D eigenvalue weighted by Gasteiger charge is -2.06. The number of nitrogens with one attached hydrogen (secondary N) is 2. The minimum Gasteiger partial charge on any atom is -0.382 e. The number of carbonyl (C=O) groups excluding carboxylic acids is 1. The molecule has 96 valence electrons. The summed E-state index contributed by atoms with van der Waals surface area (Å²) in [4.78, 5) is 16.0. The lowest BCUT2D eigenvalue weighted by molar-refractivity contribution is 0.102. The van der Waals surface area contributed by atoms with Crippen molar-refractivity contribution in [3.8, 4) is 0 Å². The summed E-state index contributed by atoms with van der Waals surface area (Å²) in [6.07, 6.45) is 3.42. The van der Waals surface area contributed by atoms with Gasteiger partial charge in [-0.25, -0.2) is 4.98 Å². The molecular formula is C15H15N3O. The van der Waals surface area contributed by atoms with E-state index in [9.17, 15) is 4.79 Å². The van der Waals surface area contributed by atoms with Gasteiger partial charge in [0.25, 0.3) is 5.91 Å². The number of rotatable bonds is 5. The highest BCUT2D eigenvalue weighted by molar-refractivity contribution is 6.03. The smallest absolute Gasteiger partial charge is 0.256 e. The van der Waals surface area contributed by atoms with E-state index in [0.29, 0.717) is 17.9 Å². The van der Waals surface area contributed by atoms with Crippen molar-refractivity contribution < 1.29 is 4.79 Å².